The van der Waals surface area contributed by atoms with Crippen molar-refractivity contribution in [1.29, 1.82) is 0 Å². The highest BCUT2D eigenvalue weighted by atomic mass is 16.2. The molecule has 1 N–H and O–H groups in total. The Balaban J connectivity index is 1.38. The Morgan fingerprint density at radius 3 is 2.81 bits per heavy atom. The number of carbonyl (C=O) groups is 3. The molecule has 3 amide bonds. The summed E-state index contributed by atoms with van der Waals surface area (Å²) in [5.74, 6) is -0.0941. The molecule has 2 saturated heterocycles. The third-order valence-electron chi connectivity index (χ3n) is 7.39. The number of hydrogen-bond acceptors (Lipinski definition) is 4. The van der Waals surface area contributed by atoms with Crippen molar-refractivity contribution in [3.05, 3.63) is 29.8 Å². The quantitative estimate of drug-likeness (QED) is 0.674. The Bertz CT molecular complexity index is 872. The van der Waals surface area contributed by atoms with Crippen LogP contribution in [-0.2, 0) is 9.59 Å². The lowest BCUT2D eigenvalue weighted by Crippen LogP contribution is -2.62. The summed E-state index contributed by atoms with van der Waals surface area (Å²) in [6, 6.07) is 7.69. The summed E-state index contributed by atoms with van der Waals surface area (Å²) in [6.45, 7) is 7.34. The van der Waals surface area contributed by atoms with Crippen molar-refractivity contribution in [2.45, 2.75) is 76.9 Å². The lowest BCUT2D eigenvalue weighted by molar-refractivity contribution is -0.121. The largest absolute Gasteiger partial charge is 0.354 e. The van der Waals surface area contributed by atoms with Gasteiger partial charge in [-0.2, -0.15) is 0 Å². The van der Waals surface area contributed by atoms with E-state index in [1.165, 1.54) is 25.7 Å². The number of carbonyl (C=O) groups excluding carboxylic acids is 3. The predicted octanol–water partition coefficient (Wildman–Crippen LogP) is 3.15. The molecule has 32 heavy (non-hydrogen) atoms. The zero-order valence-electron chi connectivity index (χ0n) is 19.4. The summed E-state index contributed by atoms with van der Waals surface area (Å²) in [6.07, 6.45) is 7.19. The van der Waals surface area contributed by atoms with Gasteiger partial charge in [0.15, 0.2) is 0 Å². The van der Waals surface area contributed by atoms with Crippen LogP contribution in [0.15, 0.2) is 24.3 Å². The number of piperidine rings is 1. The molecule has 3 heterocycles. The summed E-state index contributed by atoms with van der Waals surface area (Å²) < 4.78 is 0. The zero-order valence-corrected chi connectivity index (χ0v) is 19.4. The first-order valence-corrected chi connectivity index (χ1v) is 12.2. The highest BCUT2D eigenvalue weighted by molar-refractivity contribution is 6.10. The van der Waals surface area contributed by atoms with Gasteiger partial charge in [-0.1, -0.05) is 31.9 Å². The maximum Gasteiger partial charge on any atom is 0.257 e. The van der Waals surface area contributed by atoms with E-state index in [-0.39, 0.29) is 24.1 Å². The molecule has 0 aliphatic carbocycles. The topological polar surface area (TPSA) is 73.0 Å². The SMILES string of the molecule is CCCCN1CCCCC1CNC(=O)CCN1C(=O)c2ccccc2N2C(=O)CCC12C. The van der Waals surface area contributed by atoms with E-state index in [1.807, 2.05) is 25.1 Å². The minimum absolute atomic E-state index is 0.0304. The summed E-state index contributed by atoms with van der Waals surface area (Å²) in [5.41, 5.74) is 0.519. The second-order valence-corrected chi connectivity index (χ2v) is 9.51. The molecule has 1 aromatic carbocycles. The van der Waals surface area contributed by atoms with Gasteiger partial charge in [0, 0.05) is 32.0 Å². The molecular formula is C25H36N4O3. The molecule has 7 heteroatoms. The number of nitrogens with zero attached hydrogens (tertiary/aromatic N) is 3. The maximum atomic E-state index is 13.3. The first-order chi connectivity index (χ1) is 15.5. The number of rotatable bonds is 8. The van der Waals surface area contributed by atoms with Gasteiger partial charge in [-0.25, -0.2) is 0 Å². The van der Waals surface area contributed by atoms with Crippen LogP contribution in [0.4, 0.5) is 5.69 Å². The van der Waals surface area contributed by atoms with Crippen molar-refractivity contribution >= 4 is 23.4 Å². The van der Waals surface area contributed by atoms with E-state index in [4.69, 9.17) is 0 Å². The van der Waals surface area contributed by atoms with Crippen molar-refractivity contribution in [2.24, 2.45) is 0 Å². The Morgan fingerprint density at radius 1 is 1.19 bits per heavy atom. The highest BCUT2D eigenvalue weighted by Crippen LogP contribution is 2.43. The minimum Gasteiger partial charge on any atom is -0.354 e. The summed E-state index contributed by atoms with van der Waals surface area (Å²) in [5, 5.41) is 3.11. The molecule has 0 radical (unpaired) electrons. The monoisotopic (exact) mass is 440 g/mol. The number of likely N-dealkylation sites (tertiary alicyclic amines) is 1. The highest BCUT2D eigenvalue weighted by Gasteiger charge is 2.52. The van der Waals surface area contributed by atoms with Gasteiger partial charge in [-0.05, 0) is 57.8 Å². The van der Waals surface area contributed by atoms with Crippen LogP contribution in [0.3, 0.4) is 0 Å². The molecule has 0 spiro atoms. The first-order valence-electron chi connectivity index (χ1n) is 12.2. The van der Waals surface area contributed by atoms with Crippen LogP contribution in [0.1, 0.15) is 75.6 Å². The standard InChI is InChI=1S/C25H36N4O3/c1-3-4-15-27-16-8-7-9-19(27)18-26-22(30)13-17-28-24(32)20-10-5-6-11-21(20)29-23(31)12-14-25(28,29)2/h5-6,10-11,19H,3-4,7-9,12-18H2,1-2H3,(H,26,30). The van der Waals surface area contributed by atoms with Crippen LogP contribution in [0.5, 0.6) is 0 Å². The molecular weight excluding hydrogens is 404 g/mol. The fourth-order valence-corrected chi connectivity index (χ4v) is 5.52. The molecule has 3 aliphatic heterocycles. The molecule has 4 rings (SSSR count). The molecule has 1 aromatic rings. The minimum atomic E-state index is -0.705. The van der Waals surface area contributed by atoms with Gasteiger partial charge in [0.25, 0.3) is 5.91 Å². The summed E-state index contributed by atoms with van der Waals surface area (Å²) in [7, 11) is 0. The van der Waals surface area contributed by atoms with Crippen LogP contribution in [0.2, 0.25) is 0 Å². The second kappa shape index (κ2) is 9.61. The molecule has 7 nitrogen and oxygen atoms in total. The van der Waals surface area contributed by atoms with Gasteiger partial charge in [0.1, 0.15) is 5.66 Å². The van der Waals surface area contributed by atoms with Gasteiger partial charge in [-0.15, -0.1) is 0 Å². The number of fused-ring (bicyclic) bond motifs is 3. The van der Waals surface area contributed by atoms with Crippen LogP contribution in [-0.4, -0.2) is 65.4 Å². The Hall–Kier alpha value is -2.41. The average Bonchev–Trinajstić information content (AvgIpc) is 3.11. The third-order valence-corrected chi connectivity index (χ3v) is 7.39. The number of unbranched alkanes of at least 4 members (excludes halogenated alkanes) is 1. The van der Waals surface area contributed by atoms with E-state index in [9.17, 15) is 14.4 Å². The van der Waals surface area contributed by atoms with E-state index in [0.29, 0.717) is 43.2 Å². The van der Waals surface area contributed by atoms with Gasteiger partial charge in [0.05, 0.1) is 11.3 Å². The number of hydrogen-bond donors (Lipinski definition) is 1. The maximum absolute atomic E-state index is 13.3. The van der Waals surface area contributed by atoms with Crippen molar-refractivity contribution in [3.8, 4) is 0 Å². The van der Waals surface area contributed by atoms with Gasteiger partial charge in [-0.3, -0.25) is 24.2 Å². The van der Waals surface area contributed by atoms with Crippen molar-refractivity contribution < 1.29 is 14.4 Å². The Kier molecular flexibility index (Phi) is 6.84. The number of benzene rings is 1. The average molecular weight is 441 g/mol. The number of amides is 3. The molecule has 2 unspecified atom stereocenters. The van der Waals surface area contributed by atoms with Gasteiger partial charge >= 0.3 is 0 Å². The van der Waals surface area contributed by atoms with Crippen LogP contribution in [0.25, 0.3) is 0 Å². The van der Waals surface area contributed by atoms with E-state index in [1.54, 1.807) is 15.9 Å². The van der Waals surface area contributed by atoms with Crippen molar-refractivity contribution in [3.63, 3.8) is 0 Å². The second-order valence-electron chi connectivity index (χ2n) is 9.51. The van der Waals surface area contributed by atoms with Gasteiger partial charge < -0.3 is 10.2 Å². The fourth-order valence-electron chi connectivity index (χ4n) is 5.52. The van der Waals surface area contributed by atoms with Crippen molar-refractivity contribution in [2.75, 3.05) is 31.1 Å². The van der Waals surface area contributed by atoms with Crippen LogP contribution in [0, 0.1) is 0 Å². The Morgan fingerprint density at radius 2 is 2.00 bits per heavy atom. The fraction of sp³-hybridized carbons (Fsp3) is 0.640. The molecule has 174 valence electrons. The number of para-hydroxylation sites is 1. The van der Waals surface area contributed by atoms with E-state index in [0.717, 1.165) is 19.5 Å². The summed E-state index contributed by atoms with van der Waals surface area (Å²) >= 11 is 0. The first kappa shape index (κ1) is 22.8. The smallest absolute Gasteiger partial charge is 0.257 e. The predicted molar refractivity (Wildman–Crippen MR) is 124 cm³/mol. The third kappa shape index (κ3) is 4.27. The number of nitrogens with one attached hydrogen (secondary N) is 1. The zero-order chi connectivity index (χ0) is 22.7. The lowest BCUT2D eigenvalue weighted by Gasteiger charge is -2.48. The lowest BCUT2D eigenvalue weighted by atomic mass is 9.98. The van der Waals surface area contributed by atoms with Crippen LogP contribution < -0.4 is 10.2 Å². The van der Waals surface area contributed by atoms with Gasteiger partial charge in [0.2, 0.25) is 11.8 Å². The number of anilines is 1. The molecule has 0 aromatic heterocycles. The molecule has 2 atom stereocenters. The van der Waals surface area contributed by atoms with Crippen molar-refractivity contribution in [1.82, 2.24) is 15.1 Å². The van der Waals surface area contributed by atoms with E-state index < -0.39 is 5.66 Å². The normalized spacial score (nSPS) is 25.6. The Labute approximate surface area is 191 Å². The molecule has 2 fully saturated rings. The van der Waals surface area contributed by atoms with Crippen LogP contribution >= 0.6 is 0 Å². The molecule has 0 bridgehead atoms. The van der Waals surface area contributed by atoms with E-state index >= 15 is 0 Å². The molecule has 3 aliphatic rings. The molecule has 0 saturated carbocycles. The van der Waals surface area contributed by atoms with E-state index in [2.05, 4.69) is 17.1 Å². The summed E-state index contributed by atoms with van der Waals surface area (Å²) in [4.78, 5) is 44.7.